The zero-order chi connectivity index (χ0) is 19.4. The molecule has 7 heteroatoms. The third-order valence-electron chi connectivity index (χ3n) is 3.97. The predicted molar refractivity (Wildman–Crippen MR) is 100 cm³/mol. The van der Waals surface area contributed by atoms with E-state index in [0.29, 0.717) is 33.7 Å². The van der Waals surface area contributed by atoms with Gasteiger partial charge in [0.05, 0.1) is 0 Å². The van der Waals surface area contributed by atoms with Crippen LogP contribution in [0, 0.1) is 0 Å². The quantitative estimate of drug-likeness (QED) is 0.510. The molecule has 0 aliphatic carbocycles. The van der Waals surface area contributed by atoms with Gasteiger partial charge in [0.25, 0.3) is 0 Å². The number of ether oxygens (including phenoxy) is 2. The summed E-state index contributed by atoms with van der Waals surface area (Å²) >= 11 is 5.79. The van der Waals surface area contributed by atoms with Crippen LogP contribution in [0.15, 0.2) is 51.7 Å². The fraction of sp³-hybridized carbons (Fsp3) is 0.200. The second kappa shape index (κ2) is 8.14. The lowest BCUT2D eigenvalue weighted by atomic mass is 10.0. The Morgan fingerprint density at radius 2 is 1.89 bits per heavy atom. The van der Waals surface area contributed by atoms with E-state index in [4.69, 9.17) is 25.5 Å². The maximum absolute atomic E-state index is 11.9. The number of phenolic OH excluding ortho intramolecular Hbond substituents is 1. The minimum Gasteiger partial charge on any atom is -0.508 e. The first-order valence-electron chi connectivity index (χ1n) is 8.29. The molecule has 3 aromatic rings. The molecule has 2 aromatic carbocycles. The summed E-state index contributed by atoms with van der Waals surface area (Å²) in [6.07, 6.45) is 0.606. The summed E-state index contributed by atoms with van der Waals surface area (Å²) in [5, 5.41) is 11.1. The standard InChI is InChI=1S/C20H17ClO6/c1-2-12-7-16-13(8-19(23)27-18(16)9-17(12)22)10-26-20(24)11-25-15-5-3-14(21)4-6-15/h3-9,22H,2,10-11H2,1H3. The van der Waals surface area contributed by atoms with Crippen LogP contribution >= 0.6 is 11.6 Å². The van der Waals surface area contributed by atoms with Crippen molar-refractivity contribution in [1.29, 1.82) is 0 Å². The summed E-state index contributed by atoms with van der Waals surface area (Å²) < 4.78 is 15.6. The number of hydrogen-bond acceptors (Lipinski definition) is 6. The molecule has 0 saturated heterocycles. The highest BCUT2D eigenvalue weighted by molar-refractivity contribution is 6.30. The number of rotatable bonds is 6. The molecule has 6 nitrogen and oxygen atoms in total. The van der Waals surface area contributed by atoms with Gasteiger partial charge in [-0.25, -0.2) is 9.59 Å². The van der Waals surface area contributed by atoms with Crippen LogP contribution in [0.1, 0.15) is 18.1 Å². The molecule has 0 saturated carbocycles. The summed E-state index contributed by atoms with van der Waals surface area (Å²) in [5.41, 5.74) is 0.848. The molecule has 0 atom stereocenters. The third kappa shape index (κ3) is 4.60. The monoisotopic (exact) mass is 388 g/mol. The van der Waals surface area contributed by atoms with Crippen LogP contribution < -0.4 is 10.4 Å². The lowest BCUT2D eigenvalue weighted by molar-refractivity contribution is -0.147. The van der Waals surface area contributed by atoms with Crippen molar-refractivity contribution in [3.05, 3.63) is 69.0 Å². The minimum atomic E-state index is -0.588. The minimum absolute atomic E-state index is 0.0543. The fourth-order valence-electron chi connectivity index (χ4n) is 2.58. The third-order valence-corrected chi connectivity index (χ3v) is 4.22. The highest BCUT2D eigenvalue weighted by atomic mass is 35.5. The highest BCUT2D eigenvalue weighted by Gasteiger charge is 2.12. The van der Waals surface area contributed by atoms with Crippen LogP contribution in [0.25, 0.3) is 11.0 Å². The molecular formula is C20H17ClO6. The van der Waals surface area contributed by atoms with Crippen LogP contribution in [0.3, 0.4) is 0 Å². The molecule has 0 unspecified atom stereocenters. The SMILES string of the molecule is CCc1cc2c(COC(=O)COc3ccc(Cl)cc3)cc(=O)oc2cc1O. The number of halogens is 1. The van der Waals surface area contributed by atoms with Crippen molar-refractivity contribution >= 4 is 28.5 Å². The Balaban J connectivity index is 1.71. The average Bonchev–Trinajstić information content (AvgIpc) is 2.65. The second-order valence-corrected chi connectivity index (χ2v) is 6.26. The van der Waals surface area contributed by atoms with E-state index in [-0.39, 0.29) is 24.5 Å². The van der Waals surface area contributed by atoms with Gasteiger partial charge < -0.3 is 19.0 Å². The van der Waals surface area contributed by atoms with Crippen molar-refractivity contribution in [2.75, 3.05) is 6.61 Å². The van der Waals surface area contributed by atoms with Gasteiger partial charge in [0.1, 0.15) is 23.7 Å². The first-order chi connectivity index (χ1) is 13.0. The van der Waals surface area contributed by atoms with Crippen molar-refractivity contribution in [1.82, 2.24) is 0 Å². The Morgan fingerprint density at radius 1 is 1.15 bits per heavy atom. The largest absolute Gasteiger partial charge is 0.508 e. The maximum Gasteiger partial charge on any atom is 0.344 e. The Labute approximate surface area is 159 Å². The van der Waals surface area contributed by atoms with Crippen LogP contribution in [-0.4, -0.2) is 17.7 Å². The molecule has 1 aromatic heterocycles. The first kappa shape index (κ1) is 18.8. The molecular weight excluding hydrogens is 372 g/mol. The Bertz CT molecular complexity index is 1020. The molecule has 140 valence electrons. The first-order valence-corrected chi connectivity index (χ1v) is 8.66. The van der Waals surface area contributed by atoms with E-state index in [0.717, 1.165) is 0 Å². The predicted octanol–water partition coefficient (Wildman–Crippen LogP) is 3.84. The number of aromatic hydroxyl groups is 1. The molecule has 0 amide bonds. The van der Waals surface area contributed by atoms with Gasteiger partial charge >= 0.3 is 11.6 Å². The van der Waals surface area contributed by atoms with Gasteiger partial charge in [-0.3, -0.25) is 0 Å². The molecule has 1 heterocycles. The summed E-state index contributed by atoms with van der Waals surface area (Å²) in [6, 6.07) is 11.0. The number of phenols is 1. The van der Waals surface area contributed by atoms with E-state index < -0.39 is 11.6 Å². The molecule has 3 rings (SSSR count). The van der Waals surface area contributed by atoms with E-state index in [2.05, 4.69) is 0 Å². The summed E-state index contributed by atoms with van der Waals surface area (Å²) in [4.78, 5) is 23.7. The average molecular weight is 389 g/mol. The van der Waals surface area contributed by atoms with Crippen LogP contribution in [0.4, 0.5) is 0 Å². The van der Waals surface area contributed by atoms with Gasteiger partial charge in [-0.2, -0.15) is 0 Å². The summed E-state index contributed by atoms with van der Waals surface area (Å²) in [6.45, 7) is 1.51. The van der Waals surface area contributed by atoms with Crippen LogP contribution in [0.5, 0.6) is 11.5 Å². The van der Waals surface area contributed by atoms with Crippen molar-refractivity contribution in [2.24, 2.45) is 0 Å². The van der Waals surface area contributed by atoms with E-state index in [1.165, 1.54) is 12.1 Å². The maximum atomic E-state index is 11.9. The molecule has 0 fully saturated rings. The van der Waals surface area contributed by atoms with Gasteiger partial charge in [0.15, 0.2) is 6.61 Å². The Hall–Kier alpha value is -2.99. The van der Waals surface area contributed by atoms with Gasteiger partial charge in [0, 0.05) is 28.1 Å². The van der Waals surface area contributed by atoms with Gasteiger partial charge in [-0.1, -0.05) is 18.5 Å². The van der Waals surface area contributed by atoms with Crippen LogP contribution in [0.2, 0.25) is 5.02 Å². The van der Waals surface area contributed by atoms with Crippen molar-refractivity contribution < 1.29 is 23.8 Å². The number of carbonyl (C=O) groups is 1. The lowest BCUT2D eigenvalue weighted by Crippen LogP contribution is -2.15. The van der Waals surface area contributed by atoms with Gasteiger partial charge in [0.2, 0.25) is 0 Å². The molecule has 0 bridgehead atoms. The Kier molecular flexibility index (Phi) is 5.66. The van der Waals surface area contributed by atoms with E-state index in [9.17, 15) is 14.7 Å². The number of hydrogen-bond donors (Lipinski definition) is 1. The smallest absolute Gasteiger partial charge is 0.344 e. The molecule has 1 N–H and O–H groups in total. The van der Waals surface area contributed by atoms with E-state index >= 15 is 0 Å². The molecule has 0 radical (unpaired) electrons. The van der Waals surface area contributed by atoms with E-state index in [1.807, 2.05) is 6.92 Å². The van der Waals surface area contributed by atoms with Crippen molar-refractivity contribution in [2.45, 2.75) is 20.0 Å². The molecule has 0 aliphatic rings. The van der Waals surface area contributed by atoms with Crippen molar-refractivity contribution in [3.63, 3.8) is 0 Å². The zero-order valence-corrected chi connectivity index (χ0v) is 15.3. The zero-order valence-electron chi connectivity index (χ0n) is 14.5. The van der Waals surface area contributed by atoms with Gasteiger partial charge in [-0.15, -0.1) is 0 Å². The molecule has 0 aliphatic heterocycles. The van der Waals surface area contributed by atoms with Crippen molar-refractivity contribution in [3.8, 4) is 11.5 Å². The normalized spacial score (nSPS) is 10.7. The van der Waals surface area contributed by atoms with Gasteiger partial charge in [-0.05, 0) is 42.3 Å². The lowest BCUT2D eigenvalue weighted by Gasteiger charge is -2.10. The highest BCUT2D eigenvalue weighted by Crippen LogP contribution is 2.27. The second-order valence-electron chi connectivity index (χ2n) is 5.82. The summed E-state index contributed by atoms with van der Waals surface area (Å²) in [7, 11) is 0. The number of aryl methyl sites for hydroxylation is 1. The number of esters is 1. The van der Waals surface area contributed by atoms with E-state index in [1.54, 1.807) is 30.3 Å². The van der Waals surface area contributed by atoms with Crippen LogP contribution in [-0.2, 0) is 22.6 Å². The summed E-state index contributed by atoms with van der Waals surface area (Å²) in [5.74, 6) is -0.0373. The molecule has 27 heavy (non-hydrogen) atoms. The number of benzene rings is 2. The Morgan fingerprint density at radius 3 is 2.59 bits per heavy atom. The number of carbonyl (C=O) groups excluding carboxylic acids is 1. The number of fused-ring (bicyclic) bond motifs is 1. The molecule has 0 spiro atoms. The topological polar surface area (TPSA) is 86.0 Å². The fourth-order valence-corrected chi connectivity index (χ4v) is 2.71.